The van der Waals surface area contributed by atoms with Crippen molar-refractivity contribution < 1.29 is 18.3 Å². The zero-order chi connectivity index (χ0) is 24.4. The van der Waals surface area contributed by atoms with Crippen LogP contribution < -0.4 is 5.32 Å². The van der Waals surface area contributed by atoms with Crippen LogP contribution >= 0.6 is 0 Å². The predicted octanol–water partition coefficient (Wildman–Crippen LogP) is 6.22. The molecule has 1 aliphatic carbocycles. The first kappa shape index (κ1) is 24.7. The maximum Gasteiger partial charge on any atom is 0.394 e. The molecule has 34 heavy (non-hydrogen) atoms. The lowest BCUT2D eigenvalue weighted by molar-refractivity contribution is -0.250. The van der Waals surface area contributed by atoms with Gasteiger partial charge in [0.2, 0.25) is 0 Å². The van der Waals surface area contributed by atoms with Gasteiger partial charge in [0, 0.05) is 31.4 Å². The lowest BCUT2D eigenvalue weighted by Crippen LogP contribution is -2.44. The normalized spacial score (nSPS) is 26.0. The maximum absolute atomic E-state index is 13.7. The second-order valence-corrected chi connectivity index (χ2v) is 10.1. The van der Waals surface area contributed by atoms with Crippen molar-refractivity contribution in [2.75, 3.05) is 6.54 Å². The fraction of sp³-hybridized carbons (Fsp3) is 0.519. The van der Waals surface area contributed by atoms with Gasteiger partial charge in [-0.3, -0.25) is 0 Å². The number of rotatable bonds is 6. The first-order chi connectivity index (χ1) is 16.1. The first-order valence-electron chi connectivity index (χ1n) is 12.1. The van der Waals surface area contributed by atoms with Crippen molar-refractivity contribution in [3.8, 4) is 5.69 Å². The van der Waals surface area contributed by atoms with Crippen LogP contribution in [-0.2, 0) is 5.60 Å². The Balaban J connectivity index is 1.43. The monoisotopic (exact) mass is 473 g/mol. The molecule has 0 spiro atoms. The van der Waals surface area contributed by atoms with E-state index in [-0.39, 0.29) is 25.3 Å². The zero-order valence-electron chi connectivity index (χ0n) is 19.9. The van der Waals surface area contributed by atoms with Crippen LogP contribution in [0.4, 0.5) is 13.2 Å². The molecule has 2 aliphatic rings. The molecule has 2 N–H and O–H groups in total. The van der Waals surface area contributed by atoms with Gasteiger partial charge >= 0.3 is 6.18 Å². The van der Waals surface area contributed by atoms with E-state index in [0.717, 1.165) is 22.4 Å². The Labute approximate surface area is 199 Å². The average molecular weight is 474 g/mol. The molecule has 0 saturated heterocycles. The summed E-state index contributed by atoms with van der Waals surface area (Å²) in [6.45, 7) is 4.39. The summed E-state index contributed by atoms with van der Waals surface area (Å²) in [7, 11) is 0. The molecular formula is C27H34F3N3O. The molecule has 4 rings (SSSR count). The number of hydrogen-bond donors (Lipinski definition) is 2. The van der Waals surface area contributed by atoms with Crippen LogP contribution in [0.2, 0.25) is 0 Å². The standard InChI is InChI=1S/C27H34F3N3O/c1-20-22(19-25(2,34)23-8-10-24(11-9-23)33-17-5-15-32-33)7-3-6-21(12-16-31-20)18-26(13-4-14-26)27(28,29)30/h5,7-12,15,17,20,31,34H,3-4,6,13-14,16,18-19H2,1-2H3/b21-12+,22-7-. The van der Waals surface area contributed by atoms with Crippen molar-refractivity contribution in [1.82, 2.24) is 15.1 Å². The van der Waals surface area contributed by atoms with Gasteiger partial charge in [-0.15, -0.1) is 0 Å². The van der Waals surface area contributed by atoms with Crippen LogP contribution in [0, 0.1) is 5.41 Å². The number of nitrogens with zero attached hydrogens (tertiary/aromatic N) is 2. The second kappa shape index (κ2) is 9.70. The molecule has 2 unspecified atom stereocenters. The molecule has 7 heteroatoms. The Morgan fingerprint density at radius 2 is 1.91 bits per heavy atom. The Morgan fingerprint density at radius 1 is 1.18 bits per heavy atom. The minimum absolute atomic E-state index is 0.0192. The molecule has 184 valence electrons. The van der Waals surface area contributed by atoms with Gasteiger partial charge in [0.15, 0.2) is 0 Å². The van der Waals surface area contributed by atoms with Gasteiger partial charge < -0.3 is 10.4 Å². The Kier molecular flexibility index (Phi) is 7.06. The third-order valence-electron chi connectivity index (χ3n) is 7.53. The second-order valence-electron chi connectivity index (χ2n) is 10.1. The highest BCUT2D eigenvalue weighted by atomic mass is 19.4. The number of nitrogens with one attached hydrogen (secondary N) is 1. The van der Waals surface area contributed by atoms with Crippen molar-refractivity contribution in [2.24, 2.45) is 5.41 Å². The summed E-state index contributed by atoms with van der Waals surface area (Å²) in [5.41, 5.74) is 1.09. The van der Waals surface area contributed by atoms with Crippen LogP contribution in [0.3, 0.4) is 0 Å². The highest BCUT2D eigenvalue weighted by Gasteiger charge is 2.57. The summed E-state index contributed by atoms with van der Waals surface area (Å²) in [6, 6.07) is 9.58. The quantitative estimate of drug-likeness (QED) is 0.490. The molecule has 2 aromatic rings. The number of aromatic nitrogens is 2. The van der Waals surface area contributed by atoms with Crippen molar-refractivity contribution >= 4 is 0 Å². The summed E-state index contributed by atoms with van der Waals surface area (Å²) < 4.78 is 42.8. The van der Waals surface area contributed by atoms with Crippen molar-refractivity contribution in [2.45, 2.75) is 76.6 Å². The molecule has 0 amide bonds. The van der Waals surface area contributed by atoms with Gasteiger partial charge in [0.05, 0.1) is 16.7 Å². The van der Waals surface area contributed by atoms with Crippen LogP contribution in [0.15, 0.2) is 66.0 Å². The minimum Gasteiger partial charge on any atom is -0.385 e. The van der Waals surface area contributed by atoms with E-state index in [2.05, 4.69) is 16.5 Å². The lowest BCUT2D eigenvalue weighted by Gasteiger charge is -2.44. The molecule has 2 heterocycles. The van der Waals surface area contributed by atoms with E-state index in [1.807, 2.05) is 56.5 Å². The van der Waals surface area contributed by atoms with E-state index in [9.17, 15) is 18.3 Å². The molecule has 1 saturated carbocycles. The SMILES string of the molecule is CC1NC/C=C(/CC2(C(F)(F)F)CCC2)CC/C=C\1CC(C)(O)c1ccc(-n2cccn2)cc1. The Bertz CT molecular complexity index is 1020. The number of allylic oxidation sites excluding steroid dienone is 2. The van der Waals surface area contributed by atoms with Crippen molar-refractivity contribution in [1.29, 1.82) is 0 Å². The van der Waals surface area contributed by atoms with E-state index < -0.39 is 17.2 Å². The van der Waals surface area contributed by atoms with E-state index in [0.29, 0.717) is 32.2 Å². The van der Waals surface area contributed by atoms with Crippen molar-refractivity contribution in [3.63, 3.8) is 0 Å². The maximum atomic E-state index is 13.7. The lowest BCUT2D eigenvalue weighted by atomic mass is 9.64. The fourth-order valence-corrected chi connectivity index (χ4v) is 5.11. The van der Waals surface area contributed by atoms with E-state index in [4.69, 9.17) is 0 Å². The van der Waals surface area contributed by atoms with Crippen LogP contribution in [-0.4, -0.2) is 33.6 Å². The summed E-state index contributed by atoms with van der Waals surface area (Å²) in [5.74, 6) is 0. The van der Waals surface area contributed by atoms with Gasteiger partial charge in [-0.25, -0.2) is 4.68 Å². The predicted molar refractivity (Wildman–Crippen MR) is 128 cm³/mol. The highest BCUT2D eigenvalue weighted by Crippen LogP contribution is 2.56. The zero-order valence-corrected chi connectivity index (χ0v) is 19.9. The van der Waals surface area contributed by atoms with E-state index in [1.165, 1.54) is 0 Å². The average Bonchev–Trinajstić information content (AvgIpc) is 3.30. The molecule has 1 fully saturated rings. The van der Waals surface area contributed by atoms with Gasteiger partial charge in [0.25, 0.3) is 0 Å². The van der Waals surface area contributed by atoms with Gasteiger partial charge in [-0.1, -0.05) is 41.9 Å². The molecular weight excluding hydrogens is 439 g/mol. The minimum atomic E-state index is -4.14. The van der Waals surface area contributed by atoms with Gasteiger partial charge in [0.1, 0.15) is 0 Å². The number of benzene rings is 1. The number of alkyl halides is 3. The van der Waals surface area contributed by atoms with Gasteiger partial charge in [-0.05, 0) is 69.7 Å². The van der Waals surface area contributed by atoms with Gasteiger partial charge in [-0.2, -0.15) is 18.3 Å². The van der Waals surface area contributed by atoms with Crippen LogP contribution in [0.5, 0.6) is 0 Å². The fourth-order valence-electron chi connectivity index (χ4n) is 5.11. The van der Waals surface area contributed by atoms with Crippen molar-refractivity contribution in [3.05, 3.63) is 71.6 Å². The van der Waals surface area contributed by atoms with Crippen LogP contribution in [0.25, 0.3) is 5.69 Å². The summed E-state index contributed by atoms with van der Waals surface area (Å²) in [5, 5.41) is 19.0. The summed E-state index contributed by atoms with van der Waals surface area (Å²) in [4.78, 5) is 0. The molecule has 0 radical (unpaired) electrons. The summed E-state index contributed by atoms with van der Waals surface area (Å²) in [6.07, 6.45) is 6.48. The van der Waals surface area contributed by atoms with E-state index in [1.54, 1.807) is 10.9 Å². The summed E-state index contributed by atoms with van der Waals surface area (Å²) >= 11 is 0. The van der Waals surface area contributed by atoms with Crippen LogP contribution in [0.1, 0.15) is 64.4 Å². The molecule has 1 aromatic heterocycles. The molecule has 1 aliphatic heterocycles. The largest absolute Gasteiger partial charge is 0.394 e. The van der Waals surface area contributed by atoms with E-state index >= 15 is 0 Å². The number of hydrogen-bond acceptors (Lipinski definition) is 3. The highest BCUT2D eigenvalue weighted by molar-refractivity contribution is 5.36. The molecule has 4 nitrogen and oxygen atoms in total. The number of aliphatic hydroxyl groups is 1. The third kappa shape index (κ3) is 5.31. The molecule has 1 aromatic carbocycles. The number of halogens is 3. The molecule has 2 atom stereocenters. The topological polar surface area (TPSA) is 50.1 Å². The Hall–Kier alpha value is -2.38. The first-order valence-corrected chi connectivity index (χ1v) is 12.1. The molecule has 0 bridgehead atoms. The Morgan fingerprint density at radius 3 is 2.50 bits per heavy atom. The third-order valence-corrected chi connectivity index (χ3v) is 7.53. The smallest absolute Gasteiger partial charge is 0.385 e.